The molecule has 6 nitrogen and oxygen atoms in total. The van der Waals surface area contributed by atoms with Gasteiger partial charge in [-0.2, -0.15) is 5.10 Å². The van der Waals surface area contributed by atoms with Crippen LogP contribution in [0.2, 0.25) is 0 Å². The fourth-order valence-electron chi connectivity index (χ4n) is 3.87. The minimum Gasteiger partial charge on any atom is -0.342 e. The van der Waals surface area contributed by atoms with Crippen molar-refractivity contribution >= 4 is 16.9 Å². The Morgan fingerprint density at radius 1 is 1.35 bits per heavy atom. The van der Waals surface area contributed by atoms with E-state index in [2.05, 4.69) is 43.9 Å². The summed E-state index contributed by atoms with van der Waals surface area (Å²) in [6.07, 6.45) is 4.66. The first-order chi connectivity index (χ1) is 12.5. The van der Waals surface area contributed by atoms with E-state index in [1.807, 2.05) is 21.8 Å². The van der Waals surface area contributed by atoms with Gasteiger partial charge in [-0.1, -0.05) is 13.8 Å². The first kappa shape index (κ1) is 18.8. The van der Waals surface area contributed by atoms with Gasteiger partial charge in [0.15, 0.2) is 5.65 Å². The van der Waals surface area contributed by atoms with E-state index in [1.165, 1.54) is 0 Å². The van der Waals surface area contributed by atoms with Crippen molar-refractivity contribution in [3.8, 4) is 0 Å². The van der Waals surface area contributed by atoms with Crippen molar-refractivity contribution in [3.05, 3.63) is 24.0 Å². The largest absolute Gasteiger partial charge is 0.342 e. The van der Waals surface area contributed by atoms with Crippen molar-refractivity contribution in [1.82, 2.24) is 24.6 Å². The van der Waals surface area contributed by atoms with E-state index >= 15 is 0 Å². The topological polar surface area (TPSA) is 54.3 Å². The van der Waals surface area contributed by atoms with Crippen molar-refractivity contribution in [2.75, 3.05) is 33.7 Å². The quantitative estimate of drug-likeness (QED) is 0.765. The van der Waals surface area contributed by atoms with E-state index in [1.54, 1.807) is 0 Å². The summed E-state index contributed by atoms with van der Waals surface area (Å²) in [6.45, 7) is 7.58. The van der Waals surface area contributed by atoms with Crippen molar-refractivity contribution in [3.63, 3.8) is 0 Å². The van der Waals surface area contributed by atoms with Crippen molar-refractivity contribution < 1.29 is 4.79 Å². The van der Waals surface area contributed by atoms with Crippen LogP contribution in [0, 0.1) is 5.92 Å². The number of pyridine rings is 1. The number of hydrogen-bond acceptors (Lipinski definition) is 4. The van der Waals surface area contributed by atoms with E-state index in [-0.39, 0.29) is 5.92 Å². The zero-order valence-electron chi connectivity index (χ0n) is 16.5. The average Bonchev–Trinajstić information content (AvgIpc) is 3.26. The van der Waals surface area contributed by atoms with Gasteiger partial charge in [0.2, 0.25) is 5.91 Å². The van der Waals surface area contributed by atoms with Gasteiger partial charge in [0.25, 0.3) is 0 Å². The molecule has 0 aliphatic carbocycles. The maximum absolute atomic E-state index is 12.7. The van der Waals surface area contributed by atoms with Gasteiger partial charge in [0, 0.05) is 43.1 Å². The Kier molecular flexibility index (Phi) is 5.91. The van der Waals surface area contributed by atoms with E-state index in [4.69, 9.17) is 5.10 Å². The van der Waals surface area contributed by atoms with Crippen LogP contribution in [-0.4, -0.2) is 64.2 Å². The molecular weight excluding hydrogens is 326 g/mol. The molecule has 0 aromatic carbocycles. The maximum atomic E-state index is 12.7. The zero-order chi connectivity index (χ0) is 18.7. The third kappa shape index (κ3) is 3.75. The molecule has 3 heterocycles. The number of nitrogens with zero attached hydrogens (tertiary/aromatic N) is 5. The zero-order valence-corrected chi connectivity index (χ0v) is 16.5. The van der Waals surface area contributed by atoms with Gasteiger partial charge in [-0.25, -0.2) is 9.67 Å². The van der Waals surface area contributed by atoms with Crippen LogP contribution in [0.4, 0.5) is 0 Å². The first-order valence-corrected chi connectivity index (χ1v) is 9.80. The second-order valence-corrected chi connectivity index (χ2v) is 7.57. The van der Waals surface area contributed by atoms with Crippen molar-refractivity contribution in [2.24, 2.45) is 5.92 Å². The highest BCUT2D eigenvalue weighted by molar-refractivity contribution is 5.81. The number of rotatable bonds is 7. The molecule has 0 radical (unpaired) electrons. The highest BCUT2D eigenvalue weighted by Gasteiger charge is 2.32. The summed E-state index contributed by atoms with van der Waals surface area (Å²) in [5, 5.41) is 6.04. The molecule has 142 valence electrons. The molecule has 1 fully saturated rings. The Hall–Kier alpha value is -1.95. The highest BCUT2D eigenvalue weighted by atomic mass is 16.2. The predicted octanol–water partition coefficient (Wildman–Crippen LogP) is 2.75. The summed E-state index contributed by atoms with van der Waals surface area (Å²) in [5.41, 5.74) is 2.06. The number of fused-ring (bicyclic) bond motifs is 1. The van der Waals surface area contributed by atoms with Crippen LogP contribution in [-0.2, 0) is 11.3 Å². The van der Waals surface area contributed by atoms with Gasteiger partial charge in [-0.3, -0.25) is 4.79 Å². The molecule has 0 spiro atoms. The van der Waals surface area contributed by atoms with Gasteiger partial charge in [-0.05, 0) is 45.5 Å². The number of amides is 1. The summed E-state index contributed by atoms with van der Waals surface area (Å²) >= 11 is 0. The number of carbonyl (C=O) groups is 1. The second-order valence-electron chi connectivity index (χ2n) is 7.57. The van der Waals surface area contributed by atoms with E-state index in [0.29, 0.717) is 11.8 Å². The third-order valence-electron chi connectivity index (χ3n) is 5.52. The summed E-state index contributed by atoms with van der Waals surface area (Å²) < 4.78 is 2.02. The van der Waals surface area contributed by atoms with Gasteiger partial charge >= 0.3 is 0 Å². The van der Waals surface area contributed by atoms with Crippen LogP contribution in [0.15, 0.2) is 18.3 Å². The van der Waals surface area contributed by atoms with Crippen molar-refractivity contribution in [1.29, 1.82) is 0 Å². The van der Waals surface area contributed by atoms with Gasteiger partial charge in [-0.15, -0.1) is 0 Å². The highest BCUT2D eigenvalue weighted by Crippen LogP contribution is 2.32. The second kappa shape index (κ2) is 8.16. The molecule has 1 amide bonds. The Bertz CT molecular complexity index is 750. The minimum atomic E-state index is 0.157. The lowest BCUT2D eigenvalue weighted by molar-refractivity contribution is -0.134. The molecule has 1 saturated heterocycles. The Morgan fingerprint density at radius 3 is 2.81 bits per heavy atom. The normalized spacial score (nSPS) is 17.8. The lowest BCUT2D eigenvalue weighted by Gasteiger charge is -2.21. The van der Waals surface area contributed by atoms with Crippen molar-refractivity contribution in [2.45, 2.75) is 45.6 Å². The van der Waals surface area contributed by atoms with E-state index in [9.17, 15) is 4.79 Å². The summed E-state index contributed by atoms with van der Waals surface area (Å²) in [6, 6.07) is 4.09. The van der Waals surface area contributed by atoms with E-state index < -0.39 is 0 Å². The van der Waals surface area contributed by atoms with Crippen LogP contribution >= 0.6 is 0 Å². The fraction of sp³-hybridized carbons (Fsp3) is 0.650. The molecule has 0 N–H and O–H groups in total. The molecule has 6 heteroatoms. The maximum Gasteiger partial charge on any atom is 0.225 e. The van der Waals surface area contributed by atoms with Crippen LogP contribution in [0.25, 0.3) is 11.0 Å². The monoisotopic (exact) mass is 357 g/mol. The molecule has 2 aromatic heterocycles. The summed E-state index contributed by atoms with van der Waals surface area (Å²) in [7, 11) is 4.14. The predicted molar refractivity (Wildman–Crippen MR) is 104 cm³/mol. The lowest BCUT2D eigenvalue weighted by atomic mass is 10.0. The smallest absolute Gasteiger partial charge is 0.225 e. The number of carbonyl (C=O) groups excluding carboxylic acids is 1. The lowest BCUT2D eigenvalue weighted by Crippen LogP contribution is -2.33. The van der Waals surface area contributed by atoms with Gasteiger partial charge in [0.05, 0.1) is 12.2 Å². The number of likely N-dealkylation sites (N-methyl/N-ethyl adjacent to an activating group) is 1. The van der Waals surface area contributed by atoms with Gasteiger partial charge < -0.3 is 9.80 Å². The number of aromatic nitrogens is 3. The molecule has 0 bridgehead atoms. The molecular formula is C20H31N5O. The van der Waals surface area contributed by atoms with Crippen LogP contribution in [0.1, 0.15) is 44.7 Å². The standard InChI is InChI=1S/C20H31N5O/c1-5-15(6-2)20(26)24-11-9-16(14-24)18-17-8-7-10-21-19(17)25(22-18)13-12-23(3)4/h7-8,10,15-16H,5-6,9,11-14H2,1-4H3/t16-/m1/s1. The van der Waals surface area contributed by atoms with Crippen LogP contribution < -0.4 is 0 Å². The van der Waals surface area contributed by atoms with E-state index in [0.717, 1.165) is 62.2 Å². The number of likely N-dealkylation sites (tertiary alicyclic amines) is 1. The SMILES string of the molecule is CCC(CC)C(=O)N1CC[C@@H](c2nn(CCN(C)C)c3ncccc23)C1. The Labute approximate surface area is 156 Å². The third-order valence-corrected chi connectivity index (χ3v) is 5.52. The molecule has 2 aromatic rings. The minimum absolute atomic E-state index is 0.157. The summed E-state index contributed by atoms with van der Waals surface area (Å²) in [4.78, 5) is 21.5. The molecule has 1 aliphatic heterocycles. The molecule has 3 rings (SSSR count). The van der Waals surface area contributed by atoms with Crippen LogP contribution in [0.5, 0.6) is 0 Å². The van der Waals surface area contributed by atoms with Gasteiger partial charge in [0.1, 0.15) is 0 Å². The molecule has 1 atom stereocenters. The molecule has 0 saturated carbocycles. The fourth-order valence-corrected chi connectivity index (χ4v) is 3.87. The first-order valence-electron chi connectivity index (χ1n) is 9.80. The molecule has 26 heavy (non-hydrogen) atoms. The van der Waals surface area contributed by atoms with Crippen LogP contribution in [0.3, 0.4) is 0 Å². The number of hydrogen-bond donors (Lipinski definition) is 0. The summed E-state index contributed by atoms with van der Waals surface area (Å²) in [5.74, 6) is 0.775. The molecule has 0 unspecified atom stereocenters. The Morgan fingerprint density at radius 2 is 2.12 bits per heavy atom. The Balaban J connectivity index is 1.81. The average molecular weight is 358 g/mol. The molecule has 1 aliphatic rings.